The average Bonchev–Trinajstić information content (AvgIpc) is 2.76. The van der Waals surface area contributed by atoms with Gasteiger partial charge in [0.25, 0.3) is 0 Å². The summed E-state index contributed by atoms with van der Waals surface area (Å²) >= 11 is 0. The Bertz CT molecular complexity index is 590. The number of alkyl halides is 3. The summed E-state index contributed by atoms with van der Waals surface area (Å²) in [5, 5.41) is 7.13. The van der Waals surface area contributed by atoms with Gasteiger partial charge in [-0.25, -0.2) is 0 Å². The van der Waals surface area contributed by atoms with E-state index in [9.17, 15) is 13.2 Å². The first kappa shape index (κ1) is 14.2. The smallest absolute Gasteiger partial charge is 0.398 e. The highest BCUT2D eigenvalue weighted by atomic mass is 19.4. The zero-order valence-corrected chi connectivity index (χ0v) is 10.9. The summed E-state index contributed by atoms with van der Waals surface area (Å²) < 4.78 is 39.8. The van der Waals surface area contributed by atoms with Crippen LogP contribution in [0.4, 0.5) is 24.5 Å². The molecule has 0 saturated carbocycles. The zero-order valence-electron chi connectivity index (χ0n) is 10.9. The lowest BCUT2D eigenvalue weighted by molar-refractivity contribution is -0.136. The van der Waals surface area contributed by atoms with Crippen LogP contribution in [0.15, 0.2) is 30.5 Å². The molecule has 0 radical (unpaired) electrons. The van der Waals surface area contributed by atoms with Gasteiger partial charge in [-0.1, -0.05) is 0 Å². The van der Waals surface area contributed by atoms with E-state index in [-0.39, 0.29) is 5.69 Å². The van der Waals surface area contributed by atoms with Crippen molar-refractivity contribution >= 4 is 11.4 Å². The van der Waals surface area contributed by atoms with Crippen LogP contribution < -0.4 is 11.1 Å². The second kappa shape index (κ2) is 5.44. The molecule has 108 valence electrons. The molecule has 0 aliphatic heterocycles. The Balaban J connectivity index is 2.00. The lowest BCUT2D eigenvalue weighted by Gasteiger charge is -2.12. The summed E-state index contributed by atoms with van der Waals surface area (Å²) in [5.74, 6) is 0. The van der Waals surface area contributed by atoms with Crippen LogP contribution in [0.5, 0.6) is 0 Å². The number of hydrogen-bond acceptors (Lipinski definition) is 3. The molecule has 0 spiro atoms. The van der Waals surface area contributed by atoms with Crippen LogP contribution in [0.1, 0.15) is 11.3 Å². The summed E-state index contributed by atoms with van der Waals surface area (Å²) in [6.45, 7) is 0.498. The topological polar surface area (TPSA) is 55.9 Å². The second-order valence-corrected chi connectivity index (χ2v) is 4.46. The van der Waals surface area contributed by atoms with Crippen molar-refractivity contribution in [1.82, 2.24) is 9.78 Å². The number of nitrogens with one attached hydrogen (secondary N) is 1. The Labute approximate surface area is 114 Å². The number of aryl methyl sites for hydroxylation is 1. The molecular weight excluding hydrogens is 269 g/mol. The van der Waals surface area contributed by atoms with Gasteiger partial charge < -0.3 is 11.1 Å². The third-order valence-electron chi connectivity index (χ3n) is 2.84. The molecule has 4 nitrogen and oxygen atoms in total. The van der Waals surface area contributed by atoms with Crippen LogP contribution in [0.25, 0.3) is 0 Å². The first-order valence-corrected chi connectivity index (χ1v) is 6.05. The first-order valence-electron chi connectivity index (χ1n) is 6.05. The van der Waals surface area contributed by atoms with Crippen molar-refractivity contribution in [1.29, 1.82) is 0 Å². The van der Waals surface area contributed by atoms with Crippen LogP contribution in [0.2, 0.25) is 0 Å². The van der Waals surface area contributed by atoms with E-state index in [4.69, 9.17) is 5.73 Å². The number of anilines is 2. The summed E-state index contributed by atoms with van der Waals surface area (Å²) in [6, 6.07) is 5.68. The maximum atomic E-state index is 12.7. The molecule has 7 heteroatoms. The van der Waals surface area contributed by atoms with Gasteiger partial charge >= 0.3 is 6.18 Å². The number of nitrogens with zero attached hydrogens (tertiary/aromatic N) is 2. The number of nitrogen functional groups attached to an aromatic ring is 1. The molecule has 0 bridgehead atoms. The maximum absolute atomic E-state index is 12.7. The molecule has 0 saturated heterocycles. The van der Waals surface area contributed by atoms with Crippen molar-refractivity contribution < 1.29 is 13.2 Å². The fourth-order valence-electron chi connectivity index (χ4n) is 1.84. The van der Waals surface area contributed by atoms with Gasteiger partial charge in [0, 0.05) is 37.6 Å². The average molecular weight is 284 g/mol. The number of nitrogens with two attached hydrogens (primary N) is 1. The number of hydrogen-bond donors (Lipinski definition) is 2. The molecule has 20 heavy (non-hydrogen) atoms. The minimum atomic E-state index is -4.44. The van der Waals surface area contributed by atoms with E-state index in [1.807, 2.05) is 19.3 Å². The number of rotatable bonds is 4. The quantitative estimate of drug-likeness (QED) is 0.849. The number of aromatic nitrogens is 2. The molecule has 1 aromatic carbocycles. The maximum Gasteiger partial charge on any atom is 0.418 e. The van der Waals surface area contributed by atoms with Crippen LogP contribution in [0.3, 0.4) is 0 Å². The summed E-state index contributed by atoms with van der Waals surface area (Å²) in [4.78, 5) is 0. The molecule has 3 N–H and O–H groups in total. The van der Waals surface area contributed by atoms with Crippen LogP contribution in [-0.4, -0.2) is 16.3 Å². The van der Waals surface area contributed by atoms with E-state index in [2.05, 4.69) is 10.4 Å². The first-order chi connectivity index (χ1) is 9.36. The summed E-state index contributed by atoms with van der Waals surface area (Å²) in [5.41, 5.74) is 5.52. The van der Waals surface area contributed by atoms with E-state index in [1.54, 1.807) is 4.68 Å². The molecule has 0 unspecified atom stereocenters. The Morgan fingerprint density at radius 1 is 1.30 bits per heavy atom. The SMILES string of the molecule is Cn1ccc(CCNc2ccc(N)c(C(F)(F)F)c2)n1. The molecule has 0 fully saturated rings. The van der Waals surface area contributed by atoms with Gasteiger partial charge in [-0.2, -0.15) is 18.3 Å². The van der Waals surface area contributed by atoms with E-state index < -0.39 is 11.7 Å². The molecule has 0 atom stereocenters. The fourth-order valence-corrected chi connectivity index (χ4v) is 1.84. The third kappa shape index (κ3) is 3.43. The predicted octanol–water partition coefficient (Wildman–Crippen LogP) is 2.68. The van der Waals surface area contributed by atoms with Gasteiger partial charge in [0.05, 0.1) is 11.3 Å². The standard InChI is InChI=1S/C13H15F3N4/c1-20-7-5-9(19-20)4-6-18-10-2-3-12(17)11(8-10)13(14,15)16/h2-3,5,7-8,18H,4,6,17H2,1H3. The monoisotopic (exact) mass is 284 g/mol. The second-order valence-electron chi connectivity index (χ2n) is 4.46. The molecular formula is C13H15F3N4. The Hall–Kier alpha value is -2.18. The summed E-state index contributed by atoms with van der Waals surface area (Å²) in [7, 11) is 1.81. The number of benzene rings is 1. The van der Waals surface area contributed by atoms with Gasteiger partial charge in [0.1, 0.15) is 0 Å². The van der Waals surface area contributed by atoms with Crippen molar-refractivity contribution in [2.75, 3.05) is 17.6 Å². The van der Waals surface area contributed by atoms with Crippen molar-refractivity contribution in [2.24, 2.45) is 7.05 Å². The van der Waals surface area contributed by atoms with E-state index in [0.717, 1.165) is 11.8 Å². The van der Waals surface area contributed by atoms with Crippen molar-refractivity contribution in [3.63, 3.8) is 0 Å². The molecule has 2 aromatic rings. The predicted molar refractivity (Wildman–Crippen MR) is 71.3 cm³/mol. The lowest BCUT2D eigenvalue weighted by Crippen LogP contribution is -2.11. The van der Waals surface area contributed by atoms with Gasteiger partial charge in [0.15, 0.2) is 0 Å². The minimum Gasteiger partial charge on any atom is -0.398 e. The van der Waals surface area contributed by atoms with Crippen LogP contribution in [0, 0.1) is 0 Å². The van der Waals surface area contributed by atoms with Crippen molar-refractivity contribution in [2.45, 2.75) is 12.6 Å². The van der Waals surface area contributed by atoms with Gasteiger partial charge in [-0.15, -0.1) is 0 Å². The van der Waals surface area contributed by atoms with Gasteiger partial charge in [-0.3, -0.25) is 4.68 Å². The summed E-state index contributed by atoms with van der Waals surface area (Å²) in [6.07, 6.45) is -1.99. The Morgan fingerprint density at radius 3 is 2.65 bits per heavy atom. The van der Waals surface area contributed by atoms with E-state index in [0.29, 0.717) is 18.7 Å². The molecule has 1 heterocycles. The highest BCUT2D eigenvalue weighted by Crippen LogP contribution is 2.35. The molecule has 1 aromatic heterocycles. The number of halogens is 3. The largest absolute Gasteiger partial charge is 0.418 e. The Kier molecular flexibility index (Phi) is 3.87. The van der Waals surface area contributed by atoms with Gasteiger partial charge in [0.2, 0.25) is 0 Å². The van der Waals surface area contributed by atoms with Gasteiger partial charge in [-0.05, 0) is 24.3 Å². The molecule has 2 rings (SSSR count). The zero-order chi connectivity index (χ0) is 14.8. The van der Waals surface area contributed by atoms with E-state index in [1.165, 1.54) is 12.1 Å². The fraction of sp³-hybridized carbons (Fsp3) is 0.308. The highest BCUT2D eigenvalue weighted by Gasteiger charge is 2.33. The van der Waals surface area contributed by atoms with E-state index >= 15 is 0 Å². The normalized spacial score (nSPS) is 11.6. The van der Waals surface area contributed by atoms with Crippen LogP contribution >= 0.6 is 0 Å². The Morgan fingerprint density at radius 2 is 2.05 bits per heavy atom. The molecule has 0 aliphatic carbocycles. The van der Waals surface area contributed by atoms with Crippen LogP contribution in [-0.2, 0) is 19.6 Å². The third-order valence-corrected chi connectivity index (χ3v) is 2.84. The van der Waals surface area contributed by atoms with Crippen molar-refractivity contribution in [3.05, 3.63) is 41.7 Å². The van der Waals surface area contributed by atoms with Crippen molar-refractivity contribution in [3.8, 4) is 0 Å². The minimum absolute atomic E-state index is 0.271. The molecule has 0 aliphatic rings. The lowest BCUT2D eigenvalue weighted by atomic mass is 10.1. The molecule has 0 amide bonds. The highest BCUT2D eigenvalue weighted by molar-refractivity contribution is 5.58.